The number of halogens is 6. The molecule has 10 heteroatoms. The van der Waals surface area contributed by atoms with E-state index < -0.39 is 55.1 Å². The van der Waals surface area contributed by atoms with Gasteiger partial charge in [-0.2, -0.15) is 13.2 Å². The quantitative estimate of drug-likeness (QED) is 0.478. The lowest BCUT2D eigenvalue weighted by Crippen LogP contribution is -2.50. The first-order valence-corrected chi connectivity index (χ1v) is 8.94. The van der Waals surface area contributed by atoms with Crippen LogP contribution < -0.4 is 5.32 Å². The Bertz CT molecular complexity index is 743. The lowest BCUT2D eigenvalue weighted by atomic mass is 9.60. The second-order valence-corrected chi connectivity index (χ2v) is 7.24. The number of carbonyl (C=O) groups is 2. The van der Waals surface area contributed by atoms with Gasteiger partial charge in [0.05, 0.1) is 30.2 Å². The fraction of sp³-hybridized carbons (Fsp3) is 0.556. The second-order valence-electron chi connectivity index (χ2n) is 6.83. The Morgan fingerprint density at radius 1 is 1.25 bits per heavy atom. The minimum atomic E-state index is -4.48. The summed E-state index contributed by atoms with van der Waals surface area (Å²) in [5.74, 6) is -4.49. The van der Waals surface area contributed by atoms with Gasteiger partial charge in [-0.1, -0.05) is 17.7 Å². The molecule has 28 heavy (non-hydrogen) atoms. The highest BCUT2D eigenvalue weighted by Crippen LogP contribution is 2.56. The molecule has 0 saturated heterocycles. The summed E-state index contributed by atoms with van der Waals surface area (Å²) in [6.45, 7) is 1.70. The fourth-order valence-electron chi connectivity index (χ4n) is 3.28. The highest BCUT2D eigenvalue weighted by molar-refractivity contribution is 6.33. The fourth-order valence-corrected chi connectivity index (χ4v) is 3.44. The van der Waals surface area contributed by atoms with Crippen LogP contribution in [0.25, 0.3) is 0 Å². The number of alkyl halides is 5. The third-order valence-electron chi connectivity index (χ3n) is 4.47. The Balaban J connectivity index is 2.21. The number of anilines is 1. The van der Waals surface area contributed by atoms with E-state index in [1.54, 1.807) is 6.92 Å². The molecule has 0 atom stereocenters. The van der Waals surface area contributed by atoms with Crippen molar-refractivity contribution in [3.05, 3.63) is 28.8 Å². The van der Waals surface area contributed by atoms with Crippen molar-refractivity contribution in [2.45, 2.75) is 56.5 Å². The Kier molecular flexibility index (Phi) is 6.58. The molecule has 1 fully saturated rings. The van der Waals surface area contributed by atoms with Crippen LogP contribution in [0, 0.1) is 0 Å². The summed E-state index contributed by atoms with van der Waals surface area (Å²) in [4.78, 5) is 23.6. The Morgan fingerprint density at radius 3 is 2.43 bits per heavy atom. The number of nitrogens with one attached hydrogen (secondary N) is 1. The van der Waals surface area contributed by atoms with E-state index in [9.17, 15) is 31.5 Å². The maximum Gasteiger partial charge on any atom is 0.389 e. The van der Waals surface area contributed by atoms with Crippen LogP contribution in [0.1, 0.15) is 44.6 Å². The first kappa shape index (κ1) is 22.4. The second kappa shape index (κ2) is 8.23. The Morgan fingerprint density at radius 2 is 1.89 bits per heavy atom. The molecule has 1 aromatic rings. The zero-order chi connectivity index (χ0) is 21.2. The molecule has 156 valence electrons. The number of rotatable bonds is 7. The zero-order valence-electron chi connectivity index (χ0n) is 15.0. The molecule has 4 nitrogen and oxygen atoms in total. The number of carbonyl (C=O) groups excluding carboxylic acids is 2. The molecule has 0 radical (unpaired) electrons. The first-order valence-electron chi connectivity index (χ1n) is 8.56. The minimum absolute atomic E-state index is 0.00444. The minimum Gasteiger partial charge on any atom is -0.466 e. The van der Waals surface area contributed by atoms with Crippen molar-refractivity contribution < 1.29 is 36.3 Å². The van der Waals surface area contributed by atoms with E-state index >= 15 is 0 Å². The van der Waals surface area contributed by atoms with E-state index in [0.29, 0.717) is 5.56 Å². The van der Waals surface area contributed by atoms with Crippen LogP contribution in [0.2, 0.25) is 5.02 Å². The molecule has 1 aliphatic carbocycles. The summed E-state index contributed by atoms with van der Waals surface area (Å²) in [7, 11) is 0. The molecule has 1 N–H and O–H groups in total. The maximum absolute atomic E-state index is 13.6. The van der Waals surface area contributed by atoms with Crippen molar-refractivity contribution in [1.82, 2.24) is 0 Å². The smallest absolute Gasteiger partial charge is 0.389 e. The van der Waals surface area contributed by atoms with Crippen LogP contribution >= 0.6 is 11.6 Å². The van der Waals surface area contributed by atoms with Gasteiger partial charge in [0.1, 0.15) is 0 Å². The molecule has 1 aromatic carbocycles. The van der Waals surface area contributed by atoms with Gasteiger partial charge in [-0.05, 0) is 24.6 Å². The molecular weight excluding hydrogens is 409 g/mol. The molecule has 1 amide bonds. The largest absolute Gasteiger partial charge is 0.466 e. The first-order chi connectivity index (χ1) is 12.9. The van der Waals surface area contributed by atoms with Crippen molar-refractivity contribution >= 4 is 29.2 Å². The van der Waals surface area contributed by atoms with E-state index in [1.165, 1.54) is 18.2 Å². The summed E-state index contributed by atoms with van der Waals surface area (Å²) < 4.78 is 68.8. The van der Waals surface area contributed by atoms with E-state index in [2.05, 4.69) is 5.32 Å². The summed E-state index contributed by atoms with van der Waals surface area (Å²) in [6.07, 6.45) is -8.02. The normalized spacial score (nSPS) is 17.5. The zero-order valence-corrected chi connectivity index (χ0v) is 15.7. The number of hydrogen-bond acceptors (Lipinski definition) is 3. The number of ether oxygens (including phenoxy) is 1. The lowest BCUT2D eigenvalue weighted by molar-refractivity contribution is -0.158. The monoisotopic (exact) mass is 427 g/mol. The Labute approximate surface area is 163 Å². The van der Waals surface area contributed by atoms with Crippen molar-refractivity contribution in [3.8, 4) is 0 Å². The average Bonchev–Trinajstić information content (AvgIpc) is 2.52. The molecule has 0 spiro atoms. The summed E-state index contributed by atoms with van der Waals surface area (Å²) in [5, 5.41) is 2.31. The van der Waals surface area contributed by atoms with Gasteiger partial charge in [-0.25, -0.2) is 8.78 Å². The van der Waals surface area contributed by atoms with Gasteiger partial charge in [0.15, 0.2) is 0 Å². The summed E-state index contributed by atoms with van der Waals surface area (Å²) in [6, 6.07) is 4.13. The highest BCUT2D eigenvalue weighted by atomic mass is 35.5. The summed E-state index contributed by atoms with van der Waals surface area (Å²) in [5.41, 5.74) is -0.849. The van der Waals surface area contributed by atoms with Crippen LogP contribution in [-0.2, 0) is 19.7 Å². The predicted molar refractivity (Wildman–Crippen MR) is 92.5 cm³/mol. The predicted octanol–water partition coefficient (Wildman–Crippen LogP) is 5.24. The SMILES string of the molecule is CCOC(=O)CC1(c2ccc(Cl)c(NC(=O)CCC(F)(F)F)c2)CC(F)(F)C1. The van der Waals surface area contributed by atoms with Crippen molar-refractivity contribution in [1.29, 1.82) is 0 Å². The highest BCUT2D eigenvalue weighted by Gasteiger charge is 2.58. The van der Waals surface area contributed by atoms with Gasteiger partial charge in [-0.3, -0.25) is 9.59 Å². The van der Waals surface area contributed by atoms with E-state index in [1.807, 2.05) is 0 Å². The van der Waals surface area contributed by atoms with E-state index in [4.69, 9.17) is 16.3 Å². The molecule has 0 aliphatic heterocycles. The van der Waals surface area contributed by atoms with Crippen molar-refractivity contribution in [3.63, 3.8) is 0 Å². The van der Waals surface area contributed by atoms with Gasteiger partial charge in [0, 0.05) is 24.7 Å². The topological polar surface area (TPSA) is 55.4 Å². The van der Waals surface area contributed by atoms with E-state index in [-0.39, 0.29) is 23.7 Å². The number of amides is 1. The van der Waals surface area contributed by atoms with Crippen LogP contribution in [-0.4, -0.2) is 30.6 Å². The maximum atomic E-state index is 13.6. The number of hydrogen-bond donors (Lipinski definition) is 1. The molecule has 0 unspecified atom stereocenters. The van der Waals surface area contributed by atoms with E-state index in [0.717, 1.165) is 0 Å². The lowest BCUT2D eigenvalue weighted by Gasteiger charge is -2.47. The molecule has 1 saturated carbocycles. The van der Waals surface area contributed by atoms with Crippen molar-refractivity contribution in [2.24, 2.45) is 0 Å². The standard InChI is InChI=1S/C18H19ClF5NO3/c1-2-28-15(27)8-16(9-17(20,21)10-16)11-3-4-12(19)13(7-11)25-14(26)5-6-18(22,23)24/h3-4,7H,2,5-6,8-10H2,1H3,(H,25,26). The molecule has 1 aliphatic rings. The number of esters is 1. The molecule has 0 aromatic heterocycles. The third kappa shape index (κ3) is 5.80. The number of benzene rings is 1. The third-order valence-corrected chi connectivity index (χ3v) is 4.80. The van der Waals surface area contributed by atoms with Gasteiger partial charge < -0.3 is 10.1 Å². The van der Waals surface area contributed by atoms with Crippen LogP contribution in [0.3, 0.4) is 0 Å². The van der Waals surface area contributed by atoms with Gasteiger partial charge in [0.25, 0.3) is 0 Å². The van der Waals surface area contributed by atoms with Gasteiger partial charge in [-0.15, -0.1) is 0 Å². The Hall–Kier alpha value is -1.90. The molecular formula is C18H19ClF5NO3. The van der Waals surface area contributed by atoms with Crippen LogP contribution in [0.4, 0.5) is 27.6 Å². The average molecular weight is 428 g/mol. The molecule has 0 heterocycles. The van der Waals surface area contributed by atoms with Crippen LogP contribution in [0.5, 0.6) is 0 Å². The van der Waals surface area contributed by atoms with Gasteiger partial charge >= 0.3 is 12.1 Å². The van der Waals surface area contributed by atoms with Crippen molar-refractivity contribution in [2.75, 3.05) is 11.9 Å². The van der Waals surface area contributed by atoms with Crippen LogP contribution in [0.15, 0.2) is 18.2 Å². The molecule has 0 bridgehead atoms. The van der Waals surface area contributed by atoms with Gasteiger partial charge in [0.2, 0.25) is 11.8 Å². The summed E-state index contributed by atoms with van der Waals surface area (Å²) >= 11 is 5.98. The molecule has 2 rings (SSSR count).